The van der Waals surface area contributed by atoms with Crippen LogP contribution in [0.2, 0.25) is 0 Å². The molecular weight excluding hydrogens is 380 g/mol. The predicted octanol–water partition coefficient (Wildman–Crippen LogP) is 0.396. The van der Waals surface area contributed by atoms with E-state index in [-0.39, 0.29) is 54.7 Å². The van der Waals surface area contributed by atoms with Gasteiger partial charge in [0.25, 0.3) is 0 Å². The third kappa shape index (κ3) is 5.34. The Bertz CT molecular complexity index is 801. The molecule has 0 saturated heterocycles. The Kier molecular flexibility index (Phi) is 6.64. The number of ketones is 1. The lowest BCUT2D eigenvalue weighted by atomic mass is 10.0. The van der Waals surface area contributed by atoms with E-state index in [2.05, 4.69) is 10.6 Å². The molecule has 0 radical (unpaired) electrons. The van der Waals surface area contributed by atoms with E-state index in [0.717, 1.165) is 11.3 Å². The van der Waals surface area contributed by atoms with Gasteiger partial charge in [0.1, 0.15) is 10.8 Å². The Morgan fingerprint density at radius 2 is 1.89 bits per heavy atom. The summed E-state index contributed by atoms with van der Waals surface area (Å²) in [4.78, 5) is 56.8. The number of ether oxygens (including phenoxy) is 1. The van der Waals surface area contributed by atoms with Crippen LogP contribution in [0.15, 0.2) is 0 Å². The fourth-order valence-corrected chi connectivity index (χ4v) is 3.67. The van der Waals surface area contributed by atoms with Crippen LogP contribution in [0.4, 0.5) is 5.00 Å². The maximum atomic E-state index is 11.7. The number of anilines is 1. The van der Waals surface area contributed by atoms with E-state index in [0.29, 0.717) is 10.4 Å². The number of amides is 2. The van der Waals surface area contributed by atoms with Crippen molar-refractivity contribution in [3.05, 3.63) is 16.0 Å². The number of fused-ring (bicyclic) bond motifs is 1. The average Bonchev–Trinajstić information content (AvgIpc) is 2.95. The van der Waals surface area contributed by atoms with Crippen LogP contribution in [0.3, 0.4) is 0 Å². The Morgan fingerprint density at radius 3 is 2.48 bits per heavy atom. The summed E-state index contributed by atoms with van der Waals surface area (Å²) in [5.41, 5.74) is 0.281. The molecular formula is C16H18N2O8S. The van der Waals surface area contributed by atoms with Gasteiger partial charge in [-0.2, -0.15) is 0 Å². The van der Waals surface area contributed by atoms with Crippen LogP contribution < -0.4 is 10.6 Å². The zero-order chi connectivity index (χ0) is 20.1. The van der Waals surface area contributed by atoms with Crippen molar-refractivity contribution in [3.63, 3.8) is 0 Å². The fourth-order valence-electron chi connectivity index (χ4n) is 2.53. The predicted molar refractivity (Wildman–Crippen MR) is 92.7 cm³/mol. The van der Waals surface area contributed by atoms with Gasteiger partial charge in [-0.1, -0.05) is 0 Å². The van der Waals surface area contributed by atoms with Gasteiger partial charge in [0.15, 0.2) is 0 Å². The van der Waals surface area contributed by atoms with Crippen molar-refractivity contribution in [2.75, 3.05) is 11.9 Å². The van der Waals surface area contributed by atoms with Crippen LogP contribution in [0, 0.1) is 0 Å². The highest BCUT2D eigenvalue weighted by Gasteiger charge is 2.31. The first-order valence-corrected chi connectivity index (χ1v) is 8.80. The molecule has 10 nitrogen and oxygen atoms in total. The molecule has 4 N–H and O–H groups in total. The Morgan fingerprint density at radius 1 is 1.19 bits per heavy atom. The number of aromatic carboxylic acids is 1. The Balaban J connectivity index is 2.07. The molecule has 27 heavy (non-hydrogen) atoms. The van der Waals surface area contributed by atoms with Gasteiger partial charge in [-0.3, -0.25) is 9.59 Å². The van der Waals surface area contributed by atoms with Crippen molar-refractivity contribution in [1.29, 1.82) is 0 Å². The number of Topliss-reactive ketones (excluding diaryl/α,β-unsaturated/α-hetero) is 1. The first kappa shape index (κ1) is 20.5. The normalized spacial score (nSPS) is 15.5. The minimum Gasteiger partial charge on any atom is -0.478 e. The van der Waals surface area contributed by atoms with E-state index in [1.807, 2.05) is 0 Å². The van der Waals surface area contributed by atoms with E-state index in [9.17, 15) is 29.1 Å². The molecule has 0 fully saturated rings. The summed E-state index contributed by atoms with van der Waals surface area (Å²) in [6.45, 7) is 1.61. The van der Waals surface area contributed by atoms with Crippen LogP contribution in [-0.2, 0) is 36.9 Å². The number of nitrogens with one attached hydrogen (secondary N) is 2. The molecule has 2 amide bonds. The molecule has 1 aliphatic heterocycles. The molecule has 0 aliphatic carbocycles. The number of rotatable bonds is 7. The number of carboxylic acids is 2. The summed E-state index contributed by atoms with van der Waals surface area (Å²) in [5, 5.41) is 22.8. The van der Waals surface area contributed by atoms with Crippen molar-refractivity contribution in [1.82, 2.24) is 5.32 Å². The van der Waals surface area contributed by atoms with E-state index < -0.39 is 23.9 Å². The highest BCUT2D eigenvalue weighted by Crippen LogP contribution is 2.37. The quantitative estimate of drug-likeness (QED) is 0.480. The lowest BCUT2D eigenvalue weighted by molar-refractivity contribution is -0.147. The molecule has 1 atom stereocenters. The standard InChI is InChI=1S/C16H18N2O8S/c1-7(19)2-3-11(20)17-5-8-4-9-10(6-26-8)27-14(12(9)15(22)23)18-13(21)16(24)25/h8H,2-6H2,1H3,(H,17,20)(H,18,21)(H,22,23)(H,24,25). The van der Waals surface area contributed by atoms with Gasteiger partial charge < -0.3 is 30.4 Å². The third-order valence-electron chi connectivity index (χ3n) is 3.84. The lowest BCUT2D eigenvalue weighted by Crippen LogP contribution is -2.36. The second kappa shape index (κ2) is 8.73. The van der Waals surface area contributed by atoms with Gasteiger partial charge in [0.2, 0.25) is 5.91 Å². The van der Waals surface area contributed by atoms with E-state index in [1.165, 1.54) is 6.92 Å². The zero-order valence-electron chi connectivity index (χ0n) is 14.4. The molecule has 1 aromatic rings. The third-order valence-corrected chi connectivity index (χ3v) is 4.96. The maximum Gasteiger partial charge on any atom is 0.394 e. The zero-order valence-corrected chi connectivity index (χ0v) is 15.2. The monoisotopic (exact) mass is 398 g/mol. The fraction of sp³-hybridized carbons (Fsp3) is 0.438. The summed E-state index contributed by atoms with van der Waals surface area (Å²) in [7, 11) is 0. The molecule has 0 bridgehead atoms. The number of hydrogen-bond donors (Lipinski definition) is 4. The van der Waals surface area contributed by atoms with Gasteiger partial charge in [-0.05, 0) is 12.5 Å². The van der Waals surface area contributed by atoms with Crippen LogP contribution >= 0.6 is 11.3 Å². The van der Waals surface area contributed by atoms with E-state index in [1.54, 1.807) is 0 Å². The van der Waals surface area contributed by atoms with Gasteiger partial charge in [-0.15, -0.1) is 11.3 Å². The number of carbonyl (C=O) groups excluding carboxylic acids is 3. The molecule has 1 aromatic heterocycles. The minimum absolute atomic E-state index is 0.0605. The summed E-state index contributed by atoms with van der Waals surface area (Å²) in [5.74, 6) is -4.74. The molecule has 1 unspecified atom stereocenters. The van der Waals surface area contributed by atoms with Gasteiger partial charge >= 0.3 is 17.8 Å². The van der Waals surface area contributed by atoms with Crippen molar-refractivity contribution >= 4 is 45.9 Å². The largest absolute Gasteiger partial charge is 0.478 e. The van der Waals surface area contributed by atoms with E-state index >= 15 is 0 Å². The summed E-state index contributed by atoms with van der Waals surface area (Å²) in [6.07, 6.45) is -0.0857. The smallest absolute Gasteiger partial charge is 0.394 e. The molecule has 1 aliphatic rings. The number of thiophene rings is 1. The number of carbonyl (C=O) groups is 5. The van der Waals surface area contributed by atoms with Gasteiger partial charge in [-0.25, -0.2) is 9.59 Å². The molecule has 146 valence electrons. The Labute approximate surface area is 157 Å². The molecule has 11 heteroatoms. The maximum absolute atomic E-state index is 11.7. The second-order valence-corrected chi connectivity index (χ2v) is 7.02. The minimum atomic E-state index is -1.72. The highest BCUT2D eigenvalue weighted by atomic mass is 32.1. The number of hydrogen-bond acceptors (Lipinski definition) is 7. The van der Waals surface area contributed by atoms with Crippen LogP contribution in [0.5, 0.6) is 0 Å². The molecule has 2 rings (SSSR count). The van der Waals surface area contributed by atoms with Crippen molar-refractivity contribution < 1.29 is 38.9 Å². The number of carboxylic acid groups (broad SMARTS) is 2. The second-order valence-electron chi connectivity index (χ2n) is 5.92. The first-order chi connectivity index (χ1) is 12.7. The average molecular weight is 398 g/mol. The van der Waals surface area contributed by atoms with Crippen LogP contribution in [-0.4, -0.2) is 52.4 Å². The molecule has 0 aromatic carbocycles. The lowest BCUT2D eigenvalue weighted by Gasteiger charge is -2.23. The van der Waals surface area contributed by atoms with Gasteiger partial charge in [0, 0.05) is 30.7 Å². The molecule has 2 heterocycles. The van der Waals surface area contributed by atoms with Crippen molar-refractivity contribution in [3.8, 4) is 0 Å². The highest BCUT2D eigenvalue weighted by molar-refractivity contribution is 7.17. The molecule has 0 saturated carbocycles. The SMILES string of the molecule is CC(=O)CCC(=O)NCC1Cc2c(sc(NC(=O)C(=O)O)c2C(=O)O)CO1. The first-order valence-electron chi connectivity index (χ1n) is 7.98. The molecule has 0 spiro atoms. The Hall–Kier alpha value is -2.79. The topological polar surface area (TPSA) is 159 Å². The van der Waals surface area contributed by atoms with E-state index in [4.69, 9.17) is 9.84 Å². The van der Waals surface area contributed by atoms with Crippen LogP contribution in [0.1, 0.15) is 40.6 Å². The summed E-state index contributed by atoms with van der Waals surface area (Å²) < 4.78 is 5.59. The van der Waals surface area contributed by atoms with Crippen molar-refractivity contribution in [2.24, 2.45) is 0 Å². The summed E-state index contributed by atoms with van der Waals surface area (Å²) >= 11 is 0.948. The van der Waals surface area contributed by atoms with Gasteiger partial charge in [0.05, 0.1) is 18.3 Å². The summed E-state index contributed by atoms with van der Waals surface area (Å²) in [6, 6.07) is 0. The van der Waals surface area contributed by atoms with Crippen molar-refractivity contribution in [2.45, 2.75) is 38.9 Å². The van der Waals surface area contributed by atoms with Crippen LogP contribution in [0.25, 0.3) is 0 Å². The number of aliphatic carboxylic acids is 1.